The Morgan fingerprint density at radius 1 is 0.571 bits per heavy atom. The zero-order valence-corrected chi connectivity index (χ0v) is 23.5. The van der Waals surface area contributed by atoms with Gasteiger partial charge in [-0.3, -0.25) is 23.2 Å². The standard InChI is InChI=1S/C29H27O12P/c1-36-42(35,37-2)39-19-24(31)26(41-29(34)22-16-10-5-11-17-22)25(40-28(33)21-14-8-4-9-15-21)23(30)18-38-27(32)20-12-6-3-7-13-20/h3-17,25-26H,18-19H2,1-2H3/t25-,26?/m1/s1. The van der Waals surface area contributed by atoms with Gasteiger partial charge in [-0.2, -0.15) is 0 Å². The second-order valence-electron chi connectivity index (χ2n) is 8.34. The van der Waals surface area contributed by atoms with Crippen LogP contribution in [0.5, 0.6) is 0 Å². The molecular weight excluding hydrogens is 571 g/mol. The zero-order chi connectivity index (χ0) is 30.5. The van der Waals surface area contributed by atoms with Crippen LogP contribution in [0.15, 0.2) is 91.0 Å². The molecule has 0 saturated carbocycles. The van der Waals surface area contributed by atoms with Crippen LogP contribution in [0.4, 0.5) is 0 Å². The molecule has 1 unspecified atom stereocenters. The lowest BCUT2D eigenvalue weighted by Gasteiger charge is -2.25. The highest BCUT2D eigenvalue weighted by molar-refractivity contribution is 7.48. The van der Waals surface area contributed by atoms with E-state index in [1.54, 1.807) is 30.3 Å². The molecule has 0 radical (unpaired) electrons. The third-order valence-electron chi connectivity index (χ3n) is 5.56. The van der Waals surface area contributed by atoms with Gasteiger partial charge in [-0.25, -0.2) is 18.9 Å². The summed E-state index contributed by atoms with van der Waals surface area (Å²) in [6.45, 7) is -2.00. The van der Waals surface area contributed by atoms with Crippen molar-refractivity contribution >= 4 is 37.3 Å². The first-order valence-corrected chi connectivity index (χ1v) is 13.8. The molecule has 0 spiro atoms. The minimum absolute atomic E-state index is 0.00626. The lowest BCUT2D eigenvalue weighted by Crippen LogP contribution is -2.48. The fourth-order valence-corrected chi connectivity index (χ4v) is 4.03. The van der Waals surface area contributed by atoms with Gasteiger partial charge in [0.05, 0.1) is 16.7 Å². The minimum Gasteiger partial charge on any atom is -0.454 e. The quantitative estimate of drug-likeness (QED) is 0.142. The van der Waals surface area contributed by atoms with E-state index in [0.29, 0.717) is 0 Å². The molecule has 0 aromatic heterocycles. The monoisotopic (exact) mass is 598 g/mol. The van der Waals surface area contributed by atoms with Crippen molar-refractivity contribution in [2.24, 2.45) is 0 Å². The van der Waals surface area contributed by atoms with Crippen molar-refractivity contribution < 1.29 is 56.3 Å². The molecule has 0 aliphatic carbocycles. The number of hydrogen-bond donors (Lipinski definition) is 0. The Morgan fingerprint density at radius 3 is 1.31 bits per heavy atom. The van der Waals surface area contributed by atoms with E-state index < -0.39 is 62.7 Å². The zero-order valence-electron chi connectivity index (χ0n) is 22.6. The summed E-state index contributed by atoms with van der Waals surface area (Å²) in [5.74, 6) is -5.19. The molecule has 0 saturated heterocycles. The number of phosphoric acid groups is 1. The van der Waals surface area contributed by atoms with Gasteiger partial charge in [0.2, 0.25) is 23.8 Å². The Bertz CT molecular complexity index is 1420. The molecule has 3 aromatic carbocycles. The maximum Gasteiger partial charge on any atom is 0.474 e. The molecule has 3 rings (SSSR count). The molecule has 0 amide bonds. The molecule has 0 N–H and O–H groups in total. The lowest BCUT2D eigenvalue weighted by molar-refractivity contribution is -0.147. The normalized spacial score (nSPS) is 12.4. The maximum absolute atomic E-state index is 13.4. The Balaban J connectivity index is 1.94. The highest BCUT2D eigenvalue weighted by Gasteiger charge is 2.42. The largest absolute Gasteiger partial charge is 0.474 e. The van der Waals surface area contributed by atoms with Gasteiger partial charge in [0.15, 0.2) is 6.61 Å². The maximum atomic E-state index is 13.4. The third-order valence-corrected chi connectivity index (χ3v) is 6.90. The van der Waals surface area contributed by atoms with Crippen molar-refractivity contribution in [3.63, 3.8) is 0 Å². The SMILES string of the molecule is COP(=O)(OC)OCC(=O)C(OC(=O)c1ccccc1)[C@H](OC(=O)c1ccccc1)C(=O)COC(=O)c1ccccc1. The average molecular weight is 598 g/mol. The van der Waals surface area contributed by atoms with E-state index in [2.05, 4.69) is 9.05 Å². The molecule has 220 valence electrons. The first-order valence-electron chi connectivity index (χ1n) is 12.3. The third kappa shape index (κ3) is 9.02. The molecule has 2 atom stereocenters. The fraction of sp³-hybridized carbons (Fsp3) is 0.207. The number of Topliss-reactive ketones (excluding diaryl/α,β-unsaturated/α-hetero) is 2. The summed E-state index contributed by atoms with van der Waals surface area (Å²) in [4.78, 5) is 65.1. The van der Waals surface area contributed by atoms with Crippen LogP contribution in [0.2, 0.25) is 0 Å². The van der Waals surface area contributed by atoms with Crippen molar-refractivity contribution in [1.29, 1.82) is 0 Å². The number of benzene rings is 3. The first kappa shape index (κ1) is 32.0. The number of rotatable bonds is 15. The van der Waals surface area contributed by atoms with Crippen molar-refractivity contribution in [3.05, 3.63) is 108 Å². The van der Waals surface area contributed by atoms with E-state index in [1.165, 1.54) is 60.7 Å². The van der Waals surface area contributed by atoms with E-state index in [9.17, 15) is 28.5 Å². The van der Waals surface area contributed by atoms with Crippen LogP contribution in [-0.4, -0.2) is 69.1 Å². The fourth-order valence-electron chi connectivity index (χ4n) is 3.39. The van der Waals surface area contributed by atoms with Gasteiger partial charge in [0.1, 0.15) is 6.61 Å². The smallest absolute Gasteiger partial charge is 0.454 e. The highest BCUT2D eigenvalue weighted by atomic mass is 31.2. The Morgan fingerprint density at radius 2 is 0.929 bits per heavy atom. The van der Waals surface area contributed by atoms with Crippen molar-refractivity contribution in [2.45, 2.75) is 12.2 Å². The molecule has 0 bridgehead atoms. The van der Waals surface area contributed by atoms with Crippen molar-refractivity contribution in [1.82, 2.24) is 0 Å². The van der Waals surface area contributed by atoms with Crippen LogP contribution >= 0.6 is 7.82 Å². The molecular formula is C29H27O12P. The van der Waals surface area contributed by atoms with Crippen molar-refractivity contribution in [2.75, 3.05) is 27.4 Å². The second kappa shape index (κ2) is 15.5. The molecule has 13 heteroatoms. The Labute approximate surface area is 241 Å². The van der Waals surface area contributed by atoms with E-state index >= 15 is 0 Å². The van der Waals surface area contributed by atoms with E-state index in [4.69, 9.17) is 18.7 Å². The Hall–Kier alpha value is -4.48. The number of ether oxygens (including phenoxy) is 3. The minimum atomic E-state index is -4.18. The van der Waals surface area contributed by atoms with Gasteiger partial charge < -0.3 is 14.2 Å². The van der Waals surface area contributed by atoms with Crippen LogP contribution in [0.25, 0.3) is 0 Å². The van der Waals surface area contributed by atoms with Crippen LogP contribution in [0.1, 0.15) is 31.1 Å². The molecule has 0 fully saturated rings. The van der Waals surface area contributed by atoms with Gasteiger partial charge in [-0.1, -0.05) is 54.6 Å². The number of carbonyl (C=O) groups excluding carboxylic acids is 5. The van der Waals surface area contributed by atoms with Crippen LogP contribution in [-0.2, 0) is 41.9 Å². The van der Waals surface area contributed by atoms with Gasteiger partial charge >= 0.3 is 25.7 Å². The predicted octanol–water partition coefficient (Wildman–Crippen LogP) is 3.85. The predicted molar refractivity (Wildman–Crippen MR) is 146 cm³/mol. The van der Waals surface area contributed by atoms with Gasteiger partial charge in [0.25, 0.3) is 0 Å². The van der Waals surface area contributed by atoms with Crippen LogP contribution in [0, 0.1) is 0 Å². The summed E-state index contributed by atoms with van der Waals surface area (Å²) in [6.07, 6.45) is -4.22. The summed E-state index contributed by atoms with van der Waals surface area (Å²) in [5, 5.41) is 0. The molecule has 0 aliphatic rings. The second-order valence-corrected chi connectivity index (χ2v) is 10.2. The van der Waals surface area contributed by atoms with Gasteiger partial charge in [0, 0.05) is 14.2 Å². The van der Waals surface area contributed by atoms with Gasteiger partial charge in [-0.15, -0.1) is 0 Å². The van der Waals surface area contributed by atoms with E-state index in [0.717, 1.165) is 14.2 Å². The van der Waals surface area contributed by atoms with E-state index in [1.807, 2.05) is 0 Å². The molecule has 12 nitrogen and oxygen atoms in total. The molecule has 3 aromatic rings. The lowest BCUT2D eigenvalue weighted by atomic mass is 10.0. The number of carbonyl (C=O) groups is 5. The topological polar surface area (TPSA) is 158 Å². The molecule has 0 heterocycles. The number of hydrogen-bond acceptors (Lipinski definition) is 12. The summed E-state index contributed by atoms with van der Waals surface area (Å²) < 4.78 is 42.4. The number of phosphoric ester groups is 1. The average Bonchev–Trinajstić information content (AvgIpc) is 3.04. The summed E-state index contributed by atoms with van der Waals surface area (Å²) in [6, 6.07) is 22.7. The number of esters is 3. The molecule has 42 heavy (non-hydrogen) atoms. The van der Waals surface area contributed by atoms with E-state index in [-0.39, 0.29) is 16.7 Å². The Kier molecular flexibility index (Phi) is 11.8. The summed E-state index contributed by atoms with van der Waals surface area (Å²) in [5.41, 5.74) is 0.151. The first-order chi connectivity index (χ1) is 20.2. The highest BCUT2D eigenvalue weighted by Crippen LogP contribution is 2.47. The van der Waals surface area contributed by atoms with Crippen LogP contribution in [0.3, 0.4) is 0 Å². The number of ketones is 2. The summed E-state index contributed by atoms with van der Waals surface area (Å²) >= 11 is 0. The van der Waals surface area contributed by atoms with Crippen LogP contribution < -0.4 is 0 Å². The van der Waals surface area contributed by atoms with Gasteiger partial charge in [-0.05, 0) is 36.4 Å². The van der Waals surface area contributed by atoms with Crippen molar-refractivity contribution in [3.8, 4) is 0 Å². The summed E-state index contributed by atoms with van der Waals surface area (Å²) in [7, 11) is -2.16. The molecule has 0 aliphatic heterocycles.